The summed E-state index contributed by atoms with van der Waals surface area (Å²) in [4.78, 5) is 3.95. The second-order valence-corrected chi connectivity index (χ2v) is 7.82. The van der Waals surface area contributed by atoms with Gasteiger partial charge in [-0.05, 0) is 42.9 Å². The number of hydrogen-bond acceptors (Lipinski definition) is 6. The summed E-state index contributed by atoms with van der Waals surface area (Å²) in [6.07, 6.45) is 1.09. The number of aromatic nitrogens is 2. The van der Waals surface area contributed by atoms with Crippen molar-refractivity contribution >= 4 is 34.4 Å². The molecular formula is C17H26N5OS2+. The van der Waals surface area contributed by atoms with Crippen LogP contribution < -0.4 is 19.9 Å². The Labute approximate surface area is 158 Å². The maximum Gasteiger partial charge on any atom is 0.204 e. The van der Waals surface area contributed by atoms with Crippen molar-refractivity contribution in [3.8, 4) is 5.75 Å². The number of rotatable bonds is 7. The van der Waals surface area contributed by atoms with Crippen LogP contribution in [0.3, 0.4) is 0 Å². The minimum absolute atomic E-state index is 0.847. The van der Waals surface area contributed by atoms with E-state index in [0.29, 0.717) is 0 Å². The van der Waals surface area contributed by atoms with Gasteiger partial charge in [0.2, 0.25) is 5.13 Å². The van der Waals surface area contributed by atoms with E-state index in [1.807, 2.05) is 16.8 Å². The van der Waals surface area contributed by atoms with E-state index in [9.17, 15) is 0 Å². The zero-order valence-corrected chi connectivity index (χ0v) is 16.5. The largest absolute Gasteiger partial charge is 0.497 e. The van der Waals surface area contributed by atoms with E-state index in [4.69, 9.17) is 17.0 Å². The molecule has 136 valence electrons. The van der Waals surface area contributed by atoms with Gasteiger partial charge in [-0.15, -0.1) is 5.10 Å². The fourth-order valence-corrected chi connectivity index (χ4v) is 3.99. The minimum Gasteiger partial charge on any atom is -0.497 e. The van der Waals surface area contributed by atoms with Crippen LogP contribution in [0.5, 0.6) is 5.75 Å². The second kappa shape index (κ2) is 8.64. The van der Waals surface area contributed by atoms with E-state index in [2.05, 4.69) is 34.4 Å². The predicted octanol–water partition coefficient (Wildman–Crippen LogP) is 1.87. The highest BCUT2D eigenvalue weighted by molar-refractivity contribution is 7.73. The average molecular weight is 381 g/mol. The van der Waals surface area contributed by atoms with Gasteiger partial charge < -0.3 is 19.9 Å². The smallest absolute Gasteiger partial charge is 0.204 e. The van der Waals surface area contributed by atoms with Crippen molar-refractivity contribution in [3.63, 3.8) is 0 Å². The minimum atomic E-state index is 0.847. The number of ether oxygens (including phenoxy) is 1. The number of quaternary nitrogens is 1. The number of piperazine rings is 1. The summed E-state index contributed by atoms with van der Waals surface area (Å²) in [5.74, 6) is 0.901. The first-order valence-electron chi connectivity index (χ1n) is 8.74. The Kier molecular flexibility index (Phi) is 6.28. The van der Waals surface area contributed by atoms with Crippen LogP contribution in [0.4, 0.5) is 10.8 Å². The van der Waals surface area contributed by atoms with Crippen molar-refractivity contribution in [2.45, 2.75) is 20.0 Å². The Morgan fingerprint density at radius 1 is 1.28 bits per heavy atom. The van der Waals surface area contributed by atoms with Gasteiger partial charge in [-0.1, -0.05) is 18.3 Å². The molecule has 1 aromatic heterocycles. The molecule has 0 spiro atoms. The lowest BCUT2D eigenvalue weighted by Gasteiger charge is -2.33. The Balaban J connectivity index is 1.53. The molecule has 0 atom stereocenters. The van der Waals surface area contributed by atoms with Gasteiger partial charge in [0.1, 0.15) is 5.75 Å². The summed E-state index contributed by atoms with van der Waals surface area (Å²) < 4.78 is 8.05. The van der Waals surface area contributed by atoms with Crippen molar-refractivity contribution in [2.75, 3.05) is 50.1 Å². The standard InChI is InChI=1S/C17H25N5OS2/c1-3-8-18-16-19-22(17(24)25-16)13-20-9-11-21(12-10-20)14-4-6-15(23-2)7-5-14/h4-7H,3,8-13H2,1-2H3,(H,18,19)/p+1. The number of nitrogens with zero attached hydrogens (tertiary/aromatic N) is 3. The number of methoxy groups -OCH3 is 1. The van der Waals surface area contributed by atoms with E-state index in [-0.39, 0.29) is 0 Å². The third-order valence-corrected chi connectivity index (χ3v) is 5.68. The highest BCUT2D eigenvalue weighted by atomic mass is 32.1. The first kappa shape index (κ1) is 18.2. The fourth-order valence-electron chi connectivity index (χ4n) is 2.95. The lowest BCUT2D eigenvalue weighted by molar-refractivity contribution is -0.924. The highest BCUT2D eigenvalue weighted by Crippen LogP contribution is 2.19. The Hall–Kier alpha value is -1.64. The van der Waals surface area contributed by atoms with Crippen LogP contribution in [-0.4, -0.2) is 49.6 Å². The molecule has 3 rings (SSSR count). The molecule has 1 aliphatic heterocycles. The Morgan fingerprint density at radius 3 is 2.64 bits per heavy atom. The van der Waals surface area contributed by atoms with Crippen LogP contribution in [0, 0.1) is 3.95 Å². The first-order chi connectivity index (χ1) is 12.2. The lowest BCUT2D eigenvalue weighted by atomic mass is 10.2. The van der Waals surface area contributed by atoms with Crippen molar-refractivity contribution in [3.05, 3.63) is 28.2 Å². The fraction of sp³-hybridized carbons (Fsp3) is 0.529. The summed E-state index contributed by atoms with van der Waals surface area (Å²) >= 11 is 7.02. The SMILES string of the molecule is CCCNc1nn(C[NH+]2CCN(c3ccc(OC)cc3)CC2)c(=S)s1. The van der Waals surface area contributed by atoms with Gasteiger partial charge in [-0.2, -0.15) is 4.68 Å². The molecule has 0 radical (unpaired) electrons. The van der Waals surface area contributed by atoms with Crippen LogP contribution in [0.25, 0.3) is 0 Å². The molecule has 1 fully saturated rings. The normalized spacial score (nSPS) is 15.4. The van der Waals surface area contributed by atoms with Gasteiger partial charge in [0.05, 0.1) is 33.3 Å². The van der Waals surface area contributed by atoms with E-state index in [1.165, 1.54) is 10.6 Å². The third-order valence-electron chi connectivity index (χ3n) is 4.41. The van der Waals surface area contributed by atoms with Crippen LogP contribution in [0.1, 0.15) is 13.3 Å². The molecule has 0 aliphatic carbocycles. The van der Waals surface area contributed by atoms with Crippen LogP contribution in [0.2, 0.25) is 0 Å². The van der Waals surface area contributed by atoms with Crippen molar-refractivity contribution in [2.24, 2.45) is 0 Å². The Bertz CT molecular complexity index is 719. The van der Waals surface area contributed by atoms with Crippen molar-refractivity contribution in [1.29, 1.82) is 0 Å². The summed E-state index contributed by atoms with van der Waals surface area (Å²) in [5.41, 5.74) is 1.26. The van der Waals surface area contributed by atoms with Crippen LogP contribution >= 0.6 is 23.6 Å². The second-order valence-electron chi connectivity index (χ2n) is 6.19. The molecule has 0 amide bonds. The molecule has 1 aromatic carbocycles. The maximum atomic E-state index is 5.46. The molecule has 25 heavy (non-hydrogen) atoms. The number of hydrogen-bond donors (Lipinski definition) is 2. The molecule has 2 aromatic rings. The molecule has 0 unspecified atom stereocenters. The van der Waals surface area contributed by atoms with E-state index < -0.39 is 0 Å². The van der Waals surface area contributed by atoms with Gasteiger partial charge in [0.25, 0.3) is 0 Å². The van der Waals surface area contributed by atoms with Crippen molar-refractivity contribution in [1.82, 2.24) is 9.78 Å². The number of nitrogens with one attached hydrogen (secondary N) is 2. The van der Waals surface area contributed by atoms with E-state index >= 15 is 0 Å². The molecule has 6 nitrogen and oxygen atoms in total. The number of anilines is 2. The van der Waals surface area contributed by atoms with Gasteiger partial charge in [-0.3, -0.25) is 0 Å². The molecule has 2 N–H and O–H groups in total. The first-order valence-corrected chi connectivity index (χ1v) is 9.96. The zero-order chi connectivity index (χ0) is 17.6. The molecule has 8 heteroatoms. The van der Waals surface area contributed by atoms with Crippen LogP contribution in [-0.2, 0) is 6.67 Å². The molecule has 0 saturated carbocycles. The lowest BCUT2D eigenvalue weighted by Crippen LogP contribution is -3.14. The summed E-state index contributed by atoms with van der Waals surface area (Å²) in [6, 6.07) is 8.31. The van der Waals surface area contributed by atoms with Crippen molar-refractivity contribution < 1.29 is 9.64 Å². The van der Waals surface area contributed by atoms with Gasteiger partial charge in [0.15, 0.2) is 10.6 Å². The molecule has 1 aliphatic rings. The quantitative estimate of drug-likeness (QED) is 0.718. The van der Waals surface area contributed by atoms with Gasteiger partial charge >= 0.3 is 0 Å². The predicted molar refractivity (Wildman–Crippen MR) is 106 cm³/mol. The topological polar surface area (TPSA) is 46.8 Å². The van der Waals surface area contributed by atoms with E-state index in [1.54, 1.807) is 18.4 Å². The van der Waals surface area contributed by atoms with Gasteiger partial charge in [-0.25, -0.2) is 0 Å². The summed E-state index contributed by atoms with van der Waals surface area (Å²) in [6.45, 7) is 8.19. The molecule has 2 heterocycles. The van der Waals surface area contributed by atoms with Crippen LogP contribution in [0.15, 0.2) is 24.3 Å². The Morgan fingerprint density at radius 2 is 2.00 bits per heavy atom. The molecule has 1 saturated heterocycles. The summed E-state index contributed by atoms with van der Waals surface area (Å²) in [5, 5.41) is 8.87. The highest BCUT2D eigenvalue weighted by Gasteiger charge is 2.21. The monoisotopic (exact) mass is 380 g/mol. The molecule has 0 bridgehead atoms. The molecular weight excluding hydrogens is 354 g/mol. The summed E-state index contributed by atoms with van der Waals surface area (Å²) in [7, 11) is 1.70. The zero-order valence-electron chi connectivity index (χ0n) is 14.8. The van der Waals surface area contributed by atoms with Gasteiger partial charge in [0, 0.05) is 12.2 Å². The third kappa shape index (κ3) is 4.71. The van der Waals surface area contributed by atoms with E-state index in [0.717, 1.165) is 60.6 Å². The number of benzene rings is 1. The maximum absolute atomic E-state index is 5.46. The average Bonchev–Trinajstić information content (AvgIpc) is 3.00.